The fourth-order valence-corrected chi connectivity index (χ4v) is 4.34. The van der Waals surface area contributed by atoms with Crippen molar-refractivity contribution in [3.63, 3.8) is 0 Å². The SMILES string of the molecule is CC(CC(=O)NC1CCN(CCc2ccccc2)CC1)C1CCCNC1. The van der Waals surface area contributed by atoms with E-state index in [9.17, 15) is 4.79 Å². The molecule has 2 heterocycles. The molecule has 3 rings (SSSR count). The van der Waals surface area contributed by atoms with Gasteiger partial charge in [0, 0.05) is 32.1 Å². The Hall–Kier alpha value is -1.39. The minimum Gasteiger partial charge on any atom is -0.353 e. The van der Waals surface area contributed by atoms with Crippen LogP contribution in [-0.2, 0) is 11.2 Å². The zero-order valence-electron chi connectivity index (χ0n) is 16.3. The Morgan fingerprint density at radius 2 is 2.00 bits per heavy atom. The number of rotatable bonds is 7. The van der Waals surface area contributed by atoms with Crippen LogP contribution in [0.5, 0.6) is 0 Å². The van der Waals surface area contributed by atoms with Gasteiger partial charge in [-0.1, -0.05) is 37.3 Å². The second-order valence-corrected chi connectivity index (χ2v) is 8.21. The number of hydrogen-bond acceptors (Lipinski definition) is 3. The summed E-state index contributed by atoms with van der Waals surface area (Å²) in [5.74, 6) is 1.40. The molecule has 0 spiro atoms. The maximum Gasteiger partial charge on any atom is 0.220 e. The number of benzene rings is 1. The molecule has 1 aromatic rings. The lowest BCUT2D eigenvalue weighted by Crippen LogP contribution is -2.45. The summed E-state index contributed by atoms with van der Waals surface area (Å²) in [4.78, 5) is 14.9. The van der Waals surface area contributed by atoms with Crippen molar-refractivity contribution in [2.45, 2.75) is 51.5 Å². The number of piperidine rings is 2. The second-order valence-electron chi connectivity index (χ2n) is 8.21. The van der Waals surface area contributed by atoms with Crippen LogP contribution in [0.1, 0.15) is 44.6 Å². The van der Waals surface area contributed by atoms with Crippen molar-refractivity contribution < 1.29 is 4.79 Å². The van der Waals surface area contributed by atoms with Gasteiger partial charge in [0.2, 0.25) is 5.91 Å². The van der Waals surface area contributed by atoms with Crippen LogP contribution in [-0.4, -0.2) is 49.6 Å². The van der Waals surface area contributed by atoms with Gasteiger partial charge in [0.05, 0.1) is 0 Å². The lowest BCUT2D eigenvalue weighted by atomic mass is 9.85. The first-order valence-corrected chi connectivity index (χ1v) is 10.5. The molecule has 2 aliphatic heterocycles. The summed E-state index contributed by atoms with van der Waals surface area (Å²) in [6.07, 6.45) is 6.48. The highest BCUT2D eigenvalue weighted by Gasteiger charge is 2.24. The van der Waals surface area contributed by atoms with Gasteiger partial charge < -0.3 is 15.5 Å². The molecule has 1 amide bonds. The van der Waals surface area contributed by atoms with E-state index in [1.807, 2.05) is 0 Å². The molecule has 4 nitrogen and oxygen atoms in total. The molecule has 4 heteroatoms. The van der Waals surface area contributed by atoms with E-state index in [0.29, 0.717) is 24.3 Å². The molecule has 26 heavy (non-hydrogen) atoms. The van der Waals surface area contributed by atoms with E-state index in [1.54, 1.807) is 0 Å². The van der Waals surface area contributed by atoms with Gasteiger partial charge in [-0.05, 0) is 62.6 Å². The van der Waals surface area contributed by atoms with Gasteiger partial charge >= 0.3 is 0 Å². The summed E-state index contributed by atoms with van der Waals surface area (Å²) in [6, 6.07) is 11.1. The van der Waals surface area contributed by atoms with Crippen LogP contribution >= 0.6 is 0 Å². The van der Waals surface area contributed by atoms with E-state index >= 15 is 0 Å². The Morgan fingerprint density at radius 1 is 1.23 bits per heavy atom. The first-order chi connectivity index (χ1) is 12.7. The van der Waals surface area contributed by atoms with Crippen LogP contribution in [0.15, 0.2) is 30.3 Å². The Labute approximate surface area is 158 Å². The van der Waals surface area contributed by atoms with Crippen molar-refractivity contribution in [2.75, 3.05) is 32.7 Å². The van der Waals surface area contributed by atoms with Crippen molar-refractivity contribution in [3.8, 4) is 0 Å². The summed E-state index contributed by atoms with van der Waals surface area (Å²) in [7, 11) is 0. The number of carbonyl (C=O) groups is 1. The lowest BCUT2D eigenvalue weighted by Gasteiger charge is -2.33. The third-order valence-corrected chi connectivity index (χ3v) is 6.16. The Morgan fingerprint density at radius 3 is 2.69 bits per heavy atom. The molecule has 2 atom stereocenters. The number of likely N-dealkylation sites (tertiary alicyclic amines) is 1. The minimum absolute atomic E-state index is 0.255. The average molecular weight is 358 g/mol. The molecule has 2 fully saturated rings. The largest absolute Gasteiger partial charge is 0.353 e. The third-order valence-electron chi connectivity index (χ3n) is 6.16. The molecule has 2 aliphatic rings. The van der Waals surface area contributed by atoms with Gasteiger partial charge in [0.1, 0.15) is 0 Å². The van der Waals surface area contributed by atoms with Crippen molar-refractivity contribution in [1.29, 1.82) is 0 Å². The summed E-state index contributed by atoms with van der Waals surface area (Å²) < 4.78 is 0. The first-order valence-electron chi connectivity index (χ1n) is 10.5. The van der Waals surface area contributed by atoms with E-state index < -0.39 is 0 Å². The normalized spacial score (nSPS) is 23.5. The number of amides is 1. The van der Waals surface area contributed by atoms with Gasteiger partial charge in [-0.25, -0.2) is 0 Å². The van der Waals surface area contributed by atoms with Gasteiger partial charge in [0.15, 0.2) is 0 Å². The van der Waals surface area contributed by atoms with Gasteiger partial charge in [-0.3, -0.25) is 4.79 Å². The molecule has 0 aliphatic carbocycles. The Bertz CT molecular complexity index is 534. The zero-order valence-corrected chi connectivity index (χ0v) is 16.3. The standard InChI is InChI=1S/C22H35N3O/c1-18(20-8-5-12-23-17-20)16-22(26)24-21-10-14-25(15-11-21)13-9-19-6-3-2-4-7-19/h2-4,6-7,18,20-21,23H,5,8-17H2,1H3,(H,24,26). The number of nitrogens with zero attached hydrogens (tertiary/aromatic N) is 1. The minimum atomic E-state index is 0.255. The smallest absolute Gasteiger partial charge is 0.220 e. The number of nitrogens with one attached hydrogen (secondary N) is 2. The topological polar surface area (TPSA) is 44.4 Å². The second kappa shape index (κ2) is 10.1. The van der Waals surface area contributed by atoms with E-state index in [1.165, 1.54) is 18.4 Å². The van der Waals surface area contributed by atoms with Gasteiger partial charge in [-0.15, -0.1) is 0 Å². The van der Waals surface area contributed by atoms with E-state index in [-0.39, 0.29) is 5.91 Å². The number of hydrogen-bond donors (Lipinski definition) is 2. The highest BCUT2D eigenvalue weighted by molar-refractivity contribution is 5.76. The van der Waals surface area contributed by atoms with Gasteiger partial charge in [0.25, 0.3) is 0 Å². The maximum atomic E-state index is 12.4. The third kappa shape index (κ3) is 6.10. The zero-order chi connectivity index (χ0) is 18.2. The average Bonchev–Trinajstić information content (AvgIpc) is 2.69. The quantitative estimate of drug-likeness (QED) is 0.789. The molecular weight excluding hydrogens is 322 g/mol. The predicted octanol–water partition coefficient (Wildman–Crippen LogP) is 2.84. The molecule has 2 saturated heterocycles. The van der Waals surface area contributed by atoms with E-state index in [4.69, 9.17) is 0 Å². The Kier molecular flexibility index (Phi) is 7.51. The highest BCUT2D eigenvalue weighted by atomic mass is 16.1. The monoisotopic (exact) mass is 357 g/mol. The van der Waals surface area contributed by atoms with Crippen molar-refractivity contribution >= 4 is 5.91 Å². The van der Waals surface area contributed by atoms with E-state index in [0.717, 1.165) is 52.0 Å². The Balaban J connectivity index is 1.32. The summed E-state index contributed by atoms with van der Waals surface area (Å²) in [6.45, 7) is 7.77. The lowest BCUT2D eigenvalue weighted by molar-refractivity contribution is -0.123. The van der Waals surface area contributed by atoms with Crippen LogP contribution in [0.2, 0.25) is 0 Å². The van der Waals surface area contributed by atoms with Crippen LogP contribution < -0.4 is 10.6 Å². The van der Waals surface area contributed by atoms with Crippen molar-refractivity contribution in [3.05, 3.63) is 35.9 Å². The number of carbonyl (C=O) groups excluding carboxylic acids is 1. The molecule has 0 saturated carbocycles. The molecule has 144 valence electrons. The summed E-state index contributed by atoms with van der Waals surface area (Å²) in [5.41, 5.74) is 1.41. The molecular formula is C22H35N3O. The fraction of sp³-hybridized carbons (Fsp3) is 0.682. The van der Waals surface area contributed by atoms with Crippen molar-refractivity contribution in [1.82, 2.24) is 15.5 Å². The fourth-order valence-electron chi connectivity index (χ4n) is 4.34. The molecule has 2 unspecified atom stereocenters. The molecule has 0 radical (unpaired) electrons. The maximum absolute atomic E-state index is 12.4. The van der Waals surface area contributed by atoms with Crippen LogP contribution in [0.25, 0.3) is 0 Å². The molecule has 2 N–H and O–H groups in total. The molecule has 1 aromatic carbocycles. The summed E-state index contributed by atoms with van der Waals surface area (Å²) in [5, 5.41) is 6.76. The van der Waals surface area contributed by atoms with E-state index in [2.05, 4.69) is 52.8 Å². The van der Waals surface area contributed by atoms with Crippen LogP contribution in [0, 0.1) is 11.8 Å². The first kappa shape index (κ1) is 19.4. The summed E-state index contributed by atoms with van der Waals surface area (Å²) >= 11 is 0. The molecule has 0 aromatic heterocycles. The van der Waals surface area contributed by atoms with Crippen LogP contribution in [0.4, 0.5) is 0 Å². The highest BCUT2D eigenvalue weighted by Crippen LogP contribution is 2.22. The van der Waals surface area contributed by atoms with Gasteiger partial charge in [-0.2, -0.15) is 0 Å². The molecule has 0 bridgehead atoms. The van der Waals surface area contributed by atoms with Crippen molar-refractivity contribution in [2.24, 2.45) is 11.8 Å². The van der Waals surface area contributed by atoms with Crippen LogP contribution in [0.3, 0.4) is 0 Å². The predicted molar refractivity (Wildman–Crippen MR) is 107 cm³/mol.